The van der Waals surface area contributed by atoms with Crippen LogP contribution in [-0.4, -0.2) is 44.8 Å². The van der Waals surface area contributed by atoms with Crippen LogP contribution in [0.2, 0.25) is 18.1 Å². The quantitative estimate of drug-likeness (QED) is 0.186. The average molecular weight is 472 g/mol. The zero-order valence-corrected chi connectivity index (χ0v) is 22.6. The van der Waals surface area contributed by atoms with E-state index in [-0.39, 0.29) is 23.5 Å². The molecule has 5 nitrogen and oxygen atoms in total. The molecule has 1 aromatic rings. The first-order chi connectivity index (χ1) is 15.4. The van der Waals surface area contributed by atoms with Gasteiger partial charge in [-0.1, -0.05) is 63.3 Å². The van der Waals surface area contributed by atoms with Crippen molar-refractivity contribution in [1.82, 2.24) is 4.90 Å². The van der Waals surface area contributed by atoms with Crippen molar-refractivity contribution in [3.63, 3.8) is 0 Å². The largest absolute Gasteiger partial charge is 0.549 e. The molecule has 0 radical (unpaired) electrons. The Morgan fingerprint density at radius 2 is 1.67 bits per heavy atom. The minimum atomic E-state index is -1.92. The fourth-order valence-corrected chi connectivity index (χ4v) is 4.83. The van der Waals surface area contributed by atoms with Crippen molar-refractivity contribution in [1.29, 1.82) is 0 Å². The Labute approximate surface area is 201 Å². The first kappa shape index (κ1) is 26.9. The van der Waals surface area contributed by atoms with Crippen LogP contribution in [-0.2, 0) is 24.2 Å². The van der Waals surface area contributed by atoms with Crippen molar-refractivity contribution < 1.29 is 18.8 Å². The van der Waals surface area contributed by atoms with Gasteiger partial charge in [-0.05, 0) is 57.0 Å². The second-order valence-corrected chi connectivity index (χ2v) is 14.9. The first-order valence-electron chi connectivity index (χ1n) is 12.0. The third-order valence-corrected chi connectivity index (χ3v) is 11.6. The van der Waals surface area contributed by atoms with Crippen LogP contribution >= 0.6 is 0 Å². The molecule has 0 aliphatic heterocycles. The highest BCUT2D eigenvalue weighted by Crippen LogP contribution is 2.67. The average Bonchev–Trinajstić information content (AvgIpc) is 3.45. The number of rotatable bonds is 10. The Hall–Kier alpha value is -2.34. The van der Waals surface area contributed by atoms with Crippen LogP contribution in [0.25, 0.3) is 0 Å². The lowest BCUT2D eigenvalue weighted by atomic mass is 9.84. The van der Waals surface area contributed by atoms with Gasteiger partial charge in [-0.15, -0.1) is 0 Å². The molecule has 1 aromatic carbocycles. The molecule has 0 heterocycles. The van der Waals surface area contributed by atoms with E-state index in [9.17, 15) is 9.59 Å². The van der Waals surface area contributed by atoms with Gasteiger partial charge in [0.2, 0.25) is 14.2 Å². The van der Waals surface area contributed by atoms with E-state index in [0.29, 0.717) is 19.5 Å². The van der Waals surface area contributed by atoms with Gasteiger partial charge in [0.1, 0.15) is 5.41 Å². The van der Waals surface area contributed by atoms with Crippen molar-refractivity contribution in [2.45, 2.75) is 71.5 Å². The number of ether oxygens (including phenoxy) is 1. The highest BCUT2D eigenvalue weighted by Gasteiger charge is 2.76. The summed E-state index contributed by atoms with van der Waals surface area (Å²) >= 11 is 0. The number of allylic oxidation sites excluding steroid dienone is 2. The van der Waals surface area contributed by atoms with E-state index in [0.717, 1.165) is 5.56 Å². The van der Waals surface area contributed by atoms with E-state index in [1.807, 2.05) is 62.4 Å². The number of esters is 1. The zero-order chi connectivity index (χ0) is 24.9. The topological polar surface area (TPSA) is 55.8 Å². The fourth-order valence-electron chi connectivity index (χ4n) is 4.05. The molecular formula is C27H41NO4Si. The standard InChI is InChI=1S/C27H41NO4Si/c1-9-28(10-2)23(29)27(22-17-13-12-14-18-22)21-26(27,24(30)31-11-3)19-15-16-20-32-33(7,8)25(4,5)6/h12-20H,9-11,21H2,1-8H3/b19-15-,20-16+/t26-,27-/m0/s1. The molecule has 0 spiro atoms. The molecule has 2 rings (SSSR count). The molecule has 1 aliphatic rings. The minimum absolute atomic E-state index is 0.0297. The molecule has 0 aromatic heterocycles. The number of likely N-dealkylation sites (N-methyl/N-ethyl adjacent to an activating group) is 1. The molecule has 1 aliphatic carbocycles. The van der Waals surface area contributed by atoms with Crippen molar-refractivity contribution in [2.24, 2.45) is 5.41 Å². The van der Waals surface area contributed by atoms with Crippen molar-refractivity contribution in [3.8, 4) is 0 Å². The van der Waals surface area contributed by atoms with Gasteiger partial charge in [-0.25, -0.2) is 0 Å². The summed E-state index contributed by atoms with van der Waals surface area (Å²) in [5.74, 6) is -0.387. The van der Waals surface area contributed by atoms with E-state index in [2.05, 4.69) is 33.9 Å². The number of amides is 1. The summed E-state index contributed by atoms with van der Waals surface area (Å²) < 4.78 is 11.6. The van der Waals surface area contributed by atoms with E-state index >= 15 is 0 Å². The molecule has 0 bridgehead atoms. The van der Waals surface area contributed by atoms with Gasteiger partial charge in [0, 0.05) is 13.1 Å². The van der Waals surface area contributed by atoms with Gasteiger partial charge in [0.05, 0.1) is 18.3 Å². The smallest absolute Gasteiger partial charge is 0.317 e. The molecule has 0 N–H and O–H groups in total. The number of hydrogen-bond donors (Lipinski definition) is 0. The Kier molecular flexibility index (Phi) is 8.39. The van der Waals surface area contributed by atoms with Crippen LogP contribution in [0, 0.1) is 5.41 Å². The number of benzene rings is 1. The summed E-state index contributed by atoms with van der Waals surface area (Å²) in [4.78, 5) is 28.9. The van der Waals surface area contributed by atoms with Gasteiger partial charge >= 0.3 is 5.97 Å². The lowest BCUT2D eigenvalue weighted by Gasteiger charge is -2.34. The summed E-state index contributed by atoms with van der Waals surface area (Å²) in [6.45, 7) is 18.1. The van der Waals surface area contributed by atoms with E-state index in [4.69, 9.17) is 9.16 Å². The fraction of sp³-hybridized carbons (Fsp3) is 0.556. The van der Waals surface area contributed by atoms with Crippen molar-refractivity contribution in [2.75, 3.05) is 19.7 Å². The number of nitrogens with zero attached hydrogens (tertiary/aromatic N) is 1. The third kappa shape index (κ3) is 5.11. The maximum absolute atomic E-state index is 13.8. The number of hydrogen-bond acceptors (Lipinski definition) is 4. The Morgan fingerprint density at radius 3 is 2.18 bits per heavy atom. The molecule has 182 valence electrons. The van der Waals surface area contributed by atoms with E-state index in [1.165, 1.54) is 0 Å². The van der Waals surface area contributed by atoms with E-state index < -0.39 is 19.1 Å². The maximum atomic E-state index is 13.8. The van der Waals surface area contributed by atoms with Crippen molar-refractivity contribution in [3.05, 3.63) is 60.4 Å². The second-order valence-electron chi connectivity index (χ2n) is 10.2. The molecule has 1 saturated carbocycles. The Morgan fingerprint density at radius 1 is 1.06 bits per heavy atom. The summed E-state index contributed by atoms with van der Waals surface area (Å²) in [5.41, 5.74) is -1.15. The zero-order valence-electron chi connectivity index (χ0n) is 21.6. The van der Waals surface area contributed by atoms with Crippen LogP contribution in [0.3, 0.4) is 0 Å². The van der Waals surface area contributed by atoms with Gasteiger partial charge in [0.15, 0.2) is 0 Å². The van der Waals surface area contributed by atoms with Crippen molar-refractivity contribution >= 4 is 20.2 Å². The molecule has 1 fully saturated rings. The minimum Gasteiger partial charge on any atom is -0.549 e. The molecule has 2 atom stereocenters. The van der Waals surface area contributed by atoms with Crippen LogP contribution < -0.4 is 0 Å². The first-order valence-corrected chi connectivity index (χ1v) is 14.9. The van der Waals surface area contributed by atoms with Gasteiger partial charge in [-0.3, -0.25) is 9.59 Å². The maximum Gasteiger partial charge on any atom is 0.317 e. The Bertz CT molecular complexity index is 883. The van der Waals surface area contributed by atoms with Crippen LogP contribution in [0.5, 0.6) is 0 Å². The normalized spacial score (nSPS) is 23.0. The Balaban J connectivity index is 2.46. The predicted molar refractivity (Wildman–Crippen MR) is 136 cm³/mol. The molecule has 6 heteroatoms. The van der Waals surface area contributed by atoms with Gasteiger partial charge in [-0.2, -0.15) is 0 Å². The third-order valence-electron chi connectivity index (χ3n) is 7.24. The van der Waals surface area contributed by atoms with Gasteiger partial charge in [0.25, 0.3) is 0 Å². The van der Waals surface area contributed by atoms with Crippen LogP contribution in [0.1, 0.15) is 53.5 Å². The molecule has 0 unspecified atom stereocenters. The number of carbonyl (C=O) groups is 2. The molecule has 33 heavy (non-hydrogen) atoms. The lowest BCUT2D eigenvalue weighted by Crippen LogP contribution is -2.43. The SMILES string of the molecule is CCOC(=O)[C@]1(/C=C\C=C\O[Si](C)(C)C(C)(C)C)C[C@@]1(C(=O)N(CC)CC)c1ccccc1. The van der Waals surface area contributed by atoms with E-state index in [1.54, 1.807) is 18.1 Å². The highest BCUT2D eigenvalue weighted by molar-refractivity contribution is 6.74. The monoisotopic (exact) mass is 471 g/mol. The highest BCUT2D eigenvalue weighted by atomic mass is 28.4. The molecule has 0 saturated heterocycles. The van der Waals surface area contributed by atoms with Gasteiger partial charge < -0.3 is 14.1 Å². The summed E-state index contributed by atoms with van der Waals surface area (Å²) in [6, 6.07) is 9.62. The molecule has 1 amide bonds. The summed E-state index contributed by atoms with van der Waals surface area (Å²) in [7, 11) is -1.92. The molecular weight excluding hydrogens is 430 g/mol. The van der Waals surface area contributed by atoms with Crippen LogP contribution in [0.15, 0.2) is 54.8 Å². The predicted octanol–water partition coefficient (Wildman–Crippen LogP) is 5.84. The number of carbonyl (C=O) groups excluding carboxylic acids is 2. The summed E-state index contributed by atoms with van der Waals surface area (Å²) in [6.07, 6.45) is 7.59. The lowest BCUT2D eigenvalue weighted by molar-refractivity contribution is -0.151. The second kappa shape index (κ2) is 10.3. The van der Waals surface area contributed by atoms with Crippen LogP contribution in [0.4, 0.5) is 0 Å². The summed E-state index contributed by atoms with van der Waals surface area (Å²) in [5, 5.41) is 0.0996.